The van der Waals surface area contributed by atoms with E-state index >= 15 is 8.78 Å². The molecule has 12 heteroatoms. The molecule has 0 radical (unpaired) electrons. The minimum absolute atomic E-state index is 0.0433. The van der Waals surface area contributed by atoms with Crippen molar-refractivity contribution in [3.05, 3.63) is 83.2 Å². The summed E-state index contributed by atoms with van der Waals surface area (Å²) in [7, 11) is 0. The molecule has 3 saturated carbocycles. The van der Waals surface area contributed by atoms with E-state index in [0.717, 1.165) is 41.1 Å². The molecule has 6 atom stereocenters. The van der Waals surface area contributed by atoms with Crippen LogP contribution in [0.3, 0.4) is 0 Å². The third kappa shape index (κ3) is 6.97. The van der Waals surface area contributed by atoms with E-state index in [2.05, 4.69) is 48.1 Å². The van der Waals surface area contributed by atoms with Gasteiger partial charge in [-0.15, -0.1) is 0 Å². The van der Waals surface area contributed by atoms with E-state index in [1.54, 1.807) is 0 Å². The van der Waals surface area contributed by atoms with Gasteiger partial charge in [0.1, 0.15) is 5.60 Å². The first-order chi connectivity index (χ1) is 26.8. The molecular weight excluding hydrogens is 742 g/mol. The molecule has 5 fully saturated rings. The van der Waals surface area contributed by atoms with E-state index in [1.807, 2.05) is 36.4 Å². The Balaban J connectivity index is 1.05. The van der Waals surface area contributed by atoms with Crippen molar-refractivity contribution in [2.24, 2.45) is 22.7 Å². The quantitative estimate of drug-likeness (QED) is 0.156. The zero-order chi connectivity index (χ0) is 40.6. The highest BCUT2D eigenvalue weighted by atomic mass is 19.4. The number of nitrogens with zero attached hydrogens (tertiary/aromatic N) is 1. The number of anilines is 2. The second-order valence-electron chi connectivity index (χ2n) is 19.0. The highest BCUT2D eigenvalue weighted by molar-refractivity contribution is 5.57. The van der Waals surface area contributed by atoms with Crippen LogP contribution in [0.1, 0.15) is 108 Å². The Labute approximate surface area is 333 Å². The molecule has 5 unspecified atom stereocenters. The van der Waals surface area contributed by atoms with Crippen molar-refractivity contribution < 1.29 is 41.6 Å². The fourth-order valence-electron chi connectivity index (χ4n) is 11.5. The summed E-state index contributed by atoms with van der Waals surface area (Å²) in [6.45, 7) is 13.3. The summed E-state index contributed by atoms with van der Waals surface area (Å²) in [6.07, 6.45) is -1.01. The maximum absolute atomic E-state index is 15.5. The smallest absolute Gasteiger partial charge is 0.385 e. The summed E-state index contributed by atoms with van der Waals surface area (Å²) in [5, 5.41) is 30.8. The Kier molecular flexibility index (Phi) is 10.1. The number of fused-ring (bicyclic) bond motifs is 4. The minimum atomic E-state index is -5.91. The van der Waals surface area contributed by atoms with Gasteiger partial charge in [0.05, 0.1) is 24.6 Å². The molecular formula is C45H58F5N3O4. The average Bonchev–Trinajstić information content (AvgIpc) is 3.46. The van der Waals surface area contributed by atoms with Crippen molar-refractivity contribution in [1.82, 2.24) is 5.32 Å². The number of halogens is 5. The SMILES string of the molecule is C=C(NCc1ccc([C@H]2CC3(C)C(CCC3(O)C(F)(F)C(F)(F)F)C3CCC4(O)CC5(CCC4=C32)OCC(C)(C)CO5)cc1)Nc1ccc(N2CCCCC2)cc1. The fourth-order valence-corrected chi connectivity index (χ4v) is 11.5. The number of ether oxygens (including phenoxy) is 2. The monoisotopic (exact) mass is 799 g/mol. The van der Waals surface area contributed by atoms with Crippen LogP contribution in [-0.4, -0.2) is 65.6 Å². The number of piperidine rings is 1. The summed E-state index contributed by atoms with van der Waals surface area (Å²) in [5.74, 6) is -7.18. The van der Waals surface area contributed by atoms with Gasteiger partial charge >= 0.3 is 12.1 Å². The van der Waals surface area contributed by atoms with Gasteiger partial charge in [-0.3, -0.25) is 0 Å². The molecule has 2 aromatic carbocycles. The summed E-state index contributed by atoms with van der Waals surface area (Å²) < 4.78 is 86.0. The third-order valence-electron chi connectivity index (χ3n) is 14.7. The highest BCUT2D eigenvalue weighted by Crippen LogP contribution is 2.71. The normalized spacial score (nSPS) is 33.6. The maximum atomic E-state index is 15.5. The maximum Gasteiger partial charge on any atom is 0.456 e. The largest absolute Gasteiger partial charge is 0.456 e. The van der Waals surface area contributed by atoms with Crippen LogP contribution in [0.5, 0.6) is 0 Å². The van der Waals surface area contributed by atoms with E-state index in [9.17, 15) is 23.4 Å². The number of hydrogen-bond acceptors (Lipinski definition) is 7. The van der Waals surface area contributed by atoms with E-state index in [4.69, 9.17) is 9.47 Å². The van der Waals surface area contributed by atoms with Gasteiger partial charge in [-0.1, -0.05) is 57.2 Å². The zero-order valence-corrected chi connectivity index (χ0v) is 33.4. The summed E-state index contributed by atoms with van der Waals surface area (Å²) >= 11 is 0. The molecule has 0 aromatic heterocycles. The standard InChI is InChI=1S/C45H58F5N3O4/c1-29(52-32-12-14-33(15-13-32)53-22-6-5-7-23-53)51-25-30-8-10-31(11-9-30)35-24-40(4)36(18-21-43(40,55)44(46,47)45(48,49)50)34-16-19-41(54)26-42(20-17-37(41)38(34)35)56-27-39(2,3)28-57-42/h8-15,34-36,51-52,54-55H,1,5-7,16-28H2,2-4H3/t34?,35-,36?,40?,41?,43?/m1/s1. The predicted octanol–water partition coefficient (Wildman–Crippen LogP) is 9.57. The Bertz CT molecular complexity index is 1850. The first-order valence-corrected chi connectivity index (χ1v) is 20.8. The fraction of sp³-hybridized carbons (Fsp3) is 0.644. The molecule has 2 saturated heterocycles. The summed E-state index contributed by atoms with van der Waals surface area (Å²) in [5.41, 5.74) is -0.876. The van der Waals surface area contributed by atoms with Crippen molar-refractivity contribution >= 4 is 11.4 Å². The van der Waals surface area contributed by atoms with Gasteiger partial charge in [-0.2, -0.15) is 22.0 Å². The van der Waals surface area contributed by atoms with Crippen LogP contribution in [0.4, 0.5) is 33.3 Å². The van der Waals surface area contributed by atoms with Crippen LogP contribution >= 0.6 is 0 Å². The molecule has 0 amide bonds. The molecule has 57 heavy (non-hydrogen) atoms. The van der Waals surface area contributed by atoms with E-state index in [0.29, 0.717) is 51.3 Å². The van der Waals surface area contributed by atoms with Crippen molar-refractivity contribution in [3.8, 4) is 0 Å². The second-order valence-corrected chi connectivity index (χ2v) is 19.0. The van der Waals surface area contributed by atoms with Gasteiger partial charge < -0.3 is 35.2 Å². The van der Waals surface area contributed by atoms with Crippen LogP contribution in [0.2, 0.25) is 0 Å². The Morgan fingerprint density at radius 2 is 1.54 bits per heavy atom. The number of rotatable bonds is 8. The number of aliphatic hydroxyl groups is 2. The number of hydrogen-bond donors (Lipinski definition) is 4. The zero-order valence-electron chi connectivity index (χ0n) is 33.4. The predicted molar refractivity (Wildman–Crippen MR) is 210 cm³/mol. The topological polar surface area (TPSA) is 86.2 Å². The van der Waals surface area contributed by atoms with Crippen LogP contribution in [-0.2, 0) is 16.0 Å². The molecule has 312 valence electrons. The van der Waals surface area contributed by atoms with Gasteiger partial charge in [0.25, 0.3) is 0 Å². The second kappa shape index (κ2) is 14.2. The van der Waals surface area contributed by atoms with Gasteiger partial charge in [0, 0.05) is 60.6 Å². The molecule has 2 aromatic rings. The minimum Gasteiger partial charge on any atom is -0.385 e. The van der Waals surface area contributed by atoms with Crippen molar-refractivity contribution in [2.45, 2.75) is 133 Å². The van der Waals surface area contributed by atoms with Crippen molar-refractivity contribution in [3.63, 3.8) is 0 Å². The number of nitrogens with one attached hydrogen (secondary N) is 2. The number of allylic oxidation sites excluding steroid dienone is 1. The first-order valence-electron chi connectivity index (χ1n) is 20.8. The van der Waals surface area contributed by atoms with Crippen LogP contribution in [0.25, 0.3) is 0 Å². The summed E-state index contributed by atoms with van der Waals surface area (Å²) in [4.78, 5) is 2.40. The van der Waals surface area contributed by atoms with Crippen molar-refractivity contribution in [2.75, 3.05) is 36.5 Å². The molecule has 6 aliphatic rings. The molecule has 4 aliphatic carbocycles. The third-order valence-corrected chi connectivity index (χ3v) is 14.7. The molecule has 0 bridgehead atoms. The Morgan fingerprint density at radius 3 is 2.19 bits per heavy atom. The lowest BCUT2D eigenvalue weighted by molar-refractivity contribution is -0.362. The van der Waals surface area contributed by atoms with E-state index in [-0.39, 0.29) is 30.6 Å². The van der Waals surface area contributed by atoms with E-state index < -0.39 is 52.8 Å². The lowest BCUT2D eigenvalue weighted by Gasteiger charge is -2.59. The van der Waals surface area contributed by atoms with Gasteiger partial charge in [0.15, 0.2) is 5.79 Å². The molecule has 2 heterocycles. The lowest BCUT2D eigenvalue weighted by atomic mass is 9.49. The van der Waals surface area contributed by atoms with Gasteiger partial charge in [-0.05, 0) is 111 Å². The van der Waals surface area contributed by atoms with E-state index in [1.165, 1.54) is 31.9 Å². The summed E-state index contributed by atoms with van der Waals surface area (Å²) in [6, 6.07) is 16.0. The molecule has 2 aliphatic heterocycles. The number of benzene rings is 2. The van der Waals surface area contributed by atoms with Crippen molar-refractivity contribution in [1.29, 1.82) is 0 Å². The molecule has 1 spiro atoms. The Morgan fingerprint density at radius 1 is 0.877 bits per heavy atom. The molecule has 4 N–H and O–H groups in total. The Hall–Kier alpha value is -3.19. The molecule has 7 nitrogen and oxygen atoms in total. The van der Waals surface area contributed by atoms with Crippen LogP contribution < -0.4 is 15.5 Å². The van der Waals surface area contributed by atoms with Gasteiger partial charge in [0.2, 0.25) is 0 Å². The average molecular weight is 800 g/mol. The number of alkyl halides is 5. The van der Waals surface area contributed by atoms with Gasteiger partial charge in [-0.25, -0.2) is 0 Å². The first kappa shape index (κ1) is 40.6. The van der Waals surface area contributed by atoms with Crippen LogP contribution in [0.15, 0.2) is 72.1 Å². The lowest BCUT2D eigenvalue weighted by Crippen LogP contribution is -2.65. The highest BCUT2D eigenvalue weighted by Gasteiger charge is 2.79. The molecule has 8 rings (SSSR count). The van der Waals surface area contributed by atoms with Crippen LogP contribution in [0, 0.1) is 22.7 Å².